The first-order valence-electron chi connectivity index (χ1n) is 5.58. The molecule has 0 fully saturated rings. The molecule has 1 aromatic carbocycles. The maximum Gasteiger partial charge on any atom is 0.390 e. The van der Waals surface area contributed by atoms with Gasteiger partial charge in [-0.25, -0.2) is 4.79 Å². The molecular weight excluding hydrogens is 337 g/mol. The molecule has 0 unspecified atom stereocenters. The van der Waals surface area contributed by atoms with Gasteiger partial charge in [0.1, 0.15) is 6.20 Å². The predicted molar refractivity (Wildman–Crippen MR) is 77.8 cm³/mol. The summed E-state index contributed by atoms with van der Waals surface area (Å²) >= 11 is 11.7. The quantitative estimate of drug-likeness (QED) is 0.286. The Hall–Kier alpha value is -2.65. The summed E-state index contributed by atoms with van der Waals surface area (Å²) < 4.78 is 0. The Labute approximate surface area is 132 Å². The molecule has 0 saturated heterocycles. The number of benzene rings is 1. The van der Waals surface area contributed by atoms with Gasteiger partial charge in [-0.1, -0.05) is 28.4 Å². The first-order valence-corrected chi connectivity index (χ1v) is 6.33. The van der Waals surface area contributed by atoms with E-state index in [1.807, 2.05) is 0 Å². The van der Waals surface area contributed by atoms with Crippen LogP contribution in [-0.2, 0) is 4.84 Å². The highest BCUT2D eigenvalue weighted by Gasteiger charge is 2.24. The third-order valence-electron chi connectivity index (χ3n) is 2.45. The van der Waals surface area contributed by atoms with Crippen LogP contribution in [0.3, 0.4) is 0 Å². The van der Waals surface area contributed by atoms with Crippen molar-refractivity contribution in [3.63, 3.8) is 0 Å². The van der Waals surface area contributed by atoms with E-state index in [-0.39, 0.29) is 16.4 Å². The van der Waals surface area contributed by atoms with Gasteiger partial charge in [-0.05, 0) is 18.2 Å². The van der Waals surface area contributed by atoms with Crippen LogP contribution in [0.5, 0.6) is 0 Å². The molecule has 0 saturated carbocycles. The van der Waals surface area contributed by atoms with Crippen LogP contribution >= 0.6 is 23.2 Å². The molecule has 0 spiro atoms. The van der Waals surface area contributed by atoms with Crippen LogP contribution in [0.1, 0.15) is 16.1 Å². The minimum atomic E-state index is -1.11. The number of halogens is 2. The van der Waals surface area contributed by atoms with Crippen molar-refractivity contribution < 1.29 is 14.6 Å². The maximum absolute atomic E-state index is 11.7. The zero-order valence-electron chi connectivity index (χ0n) is 10.6. The monoisotopic (exact) mass is 343 g/mol. The van der Waals surface area contributed by atoms with Gasteiger partial charge >= 0.3 is 11.7 Å². The molecule has 2 aromatic rings. The van der Waals surface area contributed by atoms with Gasteiger partial charge in [-0.15, -0.1) is 0 Å². The zero-order valence-corrected chi connectivity index (χ0v) is 12.1. The van der Waals surface area contributed by atoms with Crippen LogP contribution in [0.25, 0.3) is 0 Å². The van der Waals surface area contributed by atoms with Gasteiger partial charge in [-0.2, -0.15) is 5.10 Å². The summed E-state index contributed by atoms with van der Waals surface area (Å²) in [5.74, 6) is -1.31. The van der Waals surface area contributed by atoms with Crippen LogP contribution in [0.2, 0.25) is 10.0 Å². The van der Waals surface area contributed by atoms with E-state index in [2.05, 4.69) is 20.2 Å². The molecule has 0 radical (unpaired) electrons. The second-order valence-electron chi connectivity index (χ2n) is 3.87. The molecule has 2 rings (SSSR count). The first-order chi connectivity index (χ1) is 10.4. The number of hydrogen-bond donors (Lipinski definition) is 2. The first kappa shape index (κ1) is 15.7. The Morgan fingerprint density at radius 1 is 1.45 bits per heavy atom. The molecule has 0 atom stereocenters. The Morgan fingerprint density at radius 3 is 2.82 bits per heavy atom. The second-order valence-corrected chi connectivity index (χ2v) is 4.71. The Balaban J connectivity index is 2.18. The summed E-state index contributed by atoms with van der Waals surface area (Å²) in [6, 6.07) is 4.44. The van der Waals surface area contributed by atoms with Gasteiger partial charge in [-0.3, -0.25) is 15.2 Å². The topological polar surface area (TPSA) is 136 Å². The third kappa shape index (κ3) is 3.32. The standard InChI is InChI=1S/C11H7Cl2N5O4/c12-5-1-2-6(7(13)3-5)10(14)17-22-11(19)9-8(18(20)21)4-15-16-9/h1-4H,(H2,14,17)(H,15,16). The van der Waals surface area contributed by atoms with Crippen LogP contribution in [-0.4, -0.2) is 26.9 Å². The van der Waals surface area contributed by atoms with E-state index >= 15 is 0 Å². The molecule has 3 N–H and O–H groups in total. The van der Waals surface area contributed by atoms with Gasteiger partial charge < -0.3 is 10.6 Å². The minimum Gasteiger partial charge on any atom is -0.380 e. The van der Waals surface area contributed by atoms with Crippen molar-refractivity contribution in [1.82, 2.24) is 10.2 Å². The number of nitrogens with one attached hydrogen (secondary N) is 1. The lowest BCUT2D eigenvalue weighted by atomic mass is 10.2. The van der Waals surface area contributed by atoms with Crippen molar-refractivity contribution in [3.8, 4) is 0 Å². The highest BCUT2D eigenvalue weighted by atomic mass is 35.5. The Kier molecular flexibility index (Phi) is 4.59. The van der Waals surface area contributed by atoms with E-state index < -0.39 is 22.3 Å². The van der Waals surface area contributed by atoms with Crippen molar-refractivity contribution in [2.75, 3.05) is 0 Å². The van der Waals surface area contributed by atoms with Gasteiger partial charge in [0.25, 0.3) is 0 Å². The molecule has 0 bridgehead atoms. The number of carbonyl (C=O) groups excluding carboxylic acids is 1. The molecule has 9 nitrogen and oxygen atoms in total. The average molecular weight is 344 g/mol. The van der Waals surface area contributed by atoms with Crippen molar-refractivity contribution in [3.05, 3.63) is 55.8 Å². The summed E-state index contributed by atoms with van der Waals surface area (Å²) in [6.07, 6.45) is 0.875. The molecule has 11 heteroatoms. The normalized spacial score (nSPS) is 11.3. The van der Waals surface area contributed by atoms with Crippen LogP contribution in [0, 0.1) is 10.1 Å². The lowest BCUT2D eigenvalue weighted by Gasteiger charge is -2.03. The number of hydrogen-bond acceptors (Lipinski definition) is 6. The fourth-order valence-electron chi connectivity index (χ4n) is 1.45. The fraction of sp³-hybridized carbons (Fsp3) is 0. The minimum absolute atomic E-state index is 0.197. The molecular formula is C11H7Cl2N5O4. The summed E-state index contributed by atoms with van der Waals surface area (Å²) in [5, 5.41) is 20.2. The number of rotatable bonds is 4. The summed E-state index contributed by atoms with van der Waals surface area (Å²) in [6.45, 7) is 0. The second kappa shape index (κ2) is 6.41. The largest absolute Gasteiger partial charge is 0.390 e. The van der Waals surface area contributed by atoms with Gasteiger partial charge in [0.05, 0.1) is 9.95 Å². The molecule has 0 aliphatic carbocycles. The number of nitro groups is 1. The molecule has 0 amide bonds. The van der Waals surface area contributed by atoms with E-state index in [9.17, 15) is 14.9 Å². The van der Waals surface area contributed by atoms with Crippen molar-refractivity contribution in [1.29, 1.82) is 0 Å². The number of carbonyl (C=O) groups is 1. The number of oxime groups is 1. The number of nitrogens with two attached hydrogens (primary N) is 1. The number of aromatic amines is 1. The summed E-state index contributed by atoms with van der Waals surface area (Å²) in [4.78, 5) is 26.1. The lowest BCUT2D eigenvalue weighted by Crippen LogP contribution is -2.16. The van der Waals surface area contributed by atoms with Crippen molar-refractivity contribution in [2.24, 2.45) is 10.9 Å². The molecule has 22 heavy (non-hydrogen) atoms. The number of amidine groups is 1. The Bertz CT molecular complexity index is 774. The maximum atomic E-state index is 11.7. The highest BCUT2D eigenvalue weighted by molar-refractivity contribution is 6.36. The molecule has 0 aliphatic heterocycles. The van der Waals surface area contributed by atoms with Crippen molar-refractivity contribution in [2.45, 2.75) is 0 Å². The SMILES string of the molecule is N/C(=N\OC(=O)c1[nH]ncc1[N+](=O)[O-])c1ccc(Cl)cc1Cl. The highest BCUT2D eigenvalue weighted by Crippen LogP contribution is 2.21. The van der Waals surface area contributed by atoms with E-state index in [1.165, 1.54) is 18.2 Å². The zero-order chi connectivity index (χ0) is 16.3. The smallest absolute Gasteiger partial charge is 0.380 e. The Morgan fingerprint density at radius 2 is 2.18 bits per heavy atom. The van der Waals surface area contributed by atoms with Gasteiger partial charge in [0.15, 0.2) is 5.84 Å². The predicted octanol–water partition coefficient (Wildman–Crippen LogP) is 2.10. The molecule has 1 heterocycles. The van der Waals surface area contributed by atoms with Crippen LogP contribution in [0.15, 0.2) is 29.6 Å². The van der Waals surface area contributed by atoms with Crippen molar-refractivity contribution >= 4 is 40.7 Å². The van der Waals surface area contributed by atoms with Gasteiger partial charge in [0, 0.05) is 10.6 Å². The van der Waals surface area contributed by atoms with E-state index in [4.69, 9.17) is 28.9 Å². The van der Waals surface area contributed by atoms with Crippen LogP contribution < -0.4 is 5.73 Å². The average Bonchev–Trinajstić information content (AvgIpc) is 2.94. The fourth-order valence-corrected chi connectivity index (χ4v) is 1.96. The lowest BCUT2D eigenvalue weighted by molar-refractivity contribution is -0.385. The third-order valence-corrected chi connectivity index (χ3v) is 3.00. The van der Waals surface area contributed by atoms with Gasteiger partial charge in [0.2, 0.25) is 5.69 Å². The van der Waals surface area contributed by atoms with E-state index in [1.54, 1.807) is 0 Å². The number of aromatic nitrogens is 2. The van der Waals surface area contributed by atoms with E-state index in [0.717, 1.165) is 6.20 Å². The molecule has 114 valence electrons. The molecule has 1 aromatic heterocycles. The van der Waals surface area contributed by atoms with E-state index in [0.29, 0.717) is 5.02 Å². The molecule has 0 aliphatic rings. The number of H-pyrrole nitrogens is 1. The number of nitrogens with zero attached hydrogens (tertiary/aromatic N) is 3. The summed E-state index contributed by atoms with van der Waals surface area (Å²) in [7, 11) is 0. The van der Waals surface area contributed by atoms with Crippen LogP contribution in [0.4, 0.5) is 5.69 Å². The summed E-state index contributed by atoms with van der Waals surface area (Å²) in [5.41, 5.74) is 4.93.